The molecule has 1 atom stereocenters. The Morgan fingerprint density at radius 2 is 1.86 bits per heavy atom. The molecule has 0 aliphatic heterocycles. The summed E-state index contributed by atoms with van der Waals surface area (Å²) in [5.41, 5.74) is 2.87. The van der Waals surface area contributed by atoms with E-state index in [4.69, 9.17) is 16.3 Å². The predicted octanol–water partition coefficient (Wildman–Crippen LogP) is 4.28. The average molecular weight is 417 g/mol. The molecule has 0 spiro atoms. The zero-order valence-corrected chi connectivity index (χ0v) is 18.3. The number of benzene rings is 2. The molecular formula is C23H29ClN2O3. The number of nitrogens with one attached hydrogen (secondary N) is 1. The number of carbonyl (C=O) groups is 2. The number of nitrogens with zero attached hydrogens (tertiary/aromatic N) is 1. The first-order chi connectivity index (χ1) is 13.8. The largest absolute Gasteiger partial charge is 0.483 e. The van der Waals surface area contributed by atoms with Crippen molar-refractivity contribution in [3.8, 4) is 5.75 Å². The second-order valence-electron chi connectivity index (χ2n) is 7.07. The third-order valence-electron chi connectivity index (χ3n) is 4.92. The van der Waals surface area contributed by atoms with E-state index in [-0.39, 0.29) is 25.0 Å². The Morgan fingerprint density at radius 1 is 1.14 bits per heavy atom. The highest BCUT2D eigenvalue weighted by molar-refractivity contribution is 6.31. The third kappa shape index (κ3) is 6.23. The van der Waals surface area contributed by atoms with Gasteiger partial charge in [0.05, 0.1) is 0 Å². The predicted molar refractivity (Wildman–Crippen MR) is 116 cm³/mol. The van der Waals surface area contributed by atoms with Crippen molar-refractivity contribution in [3.05, 3.63) is 64.2 Å². The van der Waals surface area contributed by atoms with Crippen LogP contribution < -0.4 is 10.1 Å². The Balaban J connectivity index is 2.18. The molecule has 0 fully saturated rings. The van der Waals surface area contributed by atoms with Crippen LogP contribution in [0.25, 0.3) is 0 Å². The van der Waals surface area contributed by atoms with Gasteiger partial charge in [-0.3, -0.25) is 9.59 Å². The minimum Gasteiger partial charge on any atom is -0.483 e. The van der Waals surface area contributed by atoms with Gasteiger partial charge in [0.2, 0.25) is 5.91 Å². The van der Waals surface area contributed by atoms with Crippen LogP contribution in [-0.2, 0) is 16.1 Å². The fourth-order valence-electron chi connectivity index (χ4n) is 2.89. The molecule has 1 N–H and O–H groups in total. The Kier molecular flexibility index (Phi) is 8.52. The lowest BCUT2D eigenvalue weighted by Gasteiger charge is -2.29. The molecule has 2 rings (SSSR count). The van der Waals surface area contributed by atoms with Crippen LogP contribution in [-0.4, -0.2) is 35.9 Å². The summed E-state index contributed by atoms with van der Waals surface area (Å²) < 4.78 is 5.78. The average Bonchev–Trinajstić information content (AvgIpc) is 2.71. The van der Waals surface area contributed by atoms with E-state index in [1.54, 1.807) is 13.0 Å². The Labute approximate surface area is 178 Å². The summed E-state index contributed by atoms with van der Waals surface area (Å²) in [6, 6.07) is 12.4. The maximum absolute atomic E-state index is 13.0. The molecule has 0 saturated carbocycles. The summed E-state index contributed by atoms with van der Waals surface area (Å²) >= 11 is 6.28. The van der Waals surface area contributed by atoms with E-state index in [1.807, 2.05) is 57.2 Å². The number of hydrogen-bond acceptors (Lipinski definition) is 3. The molecule has 0 unspecified atom stereocenters. The van der Waals surface area contributed by atoms with Crippen molar-refractivity contribution in [2.24, 2.45) is 0 Å². The van der Waals surface area contributed by atoms with Gasteiger partial charge in [-0.1, -0.05) is 48.9 Å². The van der Waals surface area contributed by atoms with Gasteiger partial charge in [-0.05, 0) is 56.0 Å². The first-order valence-electron chi connectivity index (χ1n) is 9.84. The molecule has 0 aliphatic rings. The number of ether oxygens (including phenoxy) is 1. The van der Waals surface area contributed by atoms with Gasteiger partial charge in [0.15, 0.2) is 6.61 Å². The third-order valence-corrected chi connectivity index (χ3v) is 5.29. The molecular weight excluding hydrogens is 388 g/mol. The van der Waals surface area contributed by atoms with Crippen molar-refractivity contribution in [1.82, 2.24) is 10.2 Å². The van der Waals surface area contributed by atoms with Gasteiger partial charge >= 0.3 is 0 Å². The van der Waals surface area contributed by atoms with Gasteiger partial charge in [0, 0.05) is 18.1 Å². The standard InChI is InChI=1S/C23H29ClN2O3/c1-5-13-25-23(28)18(4)26(14-19-10-6-7-11-20(19)24)22(27)15-29-21-12-8-9-16(2)17(21)3/h6-12,18H,5,13-15H2,1-4H3,(H,25,28)/t18-/m0/s1. The molecule has 0 heterocycles. The lowest BCUT2D eigenvalue weighted by molar-refractivity contribution is -0.142. The van der Waals surface area contributed by atoms with Crippen LogP contribution in [0.4, 0.5) is 0 Å². The molecule has 0 saturated heterocycles. The van der Waals surface area contributed by atoms with Gasteiger partial charge in [0.25, 0.3) is 5.91 Å². The van der Waals surface area contributed by atoms with Crippen LogP contribution >= 0.6 is 11.6 Å². The topological polar surface area (TPSA) is 58.6 Å². The molecule has 6 heteroatoms. The fraction of sp³-hybridized carbons (Fsp3) is 0.391. The van der Waals surface area contributed by atoms with Crippen LogP contribution in [0.3, 0.4) is 0 Å². The van der Waals surface area contributed by atoms with Crippen molar-refractivity contribution in [2.45, 2.75) is 46.7 Å². The van der Waals surface area contributed by atoms with Gasteiger partial charge in [-0.25, -0.2) is 0 Å². The minimum atomic E-state index is -0.646. The number of hydrogen-bond donors (Lipinski definition) is 1. The zero-order valence-electron chi connectivity index (χ0n) is 17.5. The van der Waals surface area contributed by atoms with Crippen molar-refractivity contribution in [3.63, 3.8) is 0 Å². The smallest absolute Gasteiger partial charge is 0.261 e. The molecule has 0 aliphatic carbocycles. The monoisotopic (exact) mass is 416 g/mol. The van der Waals surface area contributed by atoms with Crippen molar-refractivity contribution in [1.29, 1.82) is 0 Å². The maximum atomic E-state index is 13.0. The van der Waals surface area contributed by atoms with Crippen LogP contribution in [0.1, 0.15) is 37.0 Å². The van der Waals surface area contributed by atoms with E-state index in [2.05, 4.69) is 5.32 Å². The van der Waals surface area contributed by atoms with Crippen molar-refractivity contribution >= 4 is 23.4 Å². The van der Waals surface area contributed by atoms with Gasteiger partial charge < -0.3 is 15.0 Å². The second kappa shape index (κ2) is 10.9. The first-order valence-corrected chi connectivity index (χ1v) is 10.2. The van der Waals surface area contributed by atoms with Crippen molar-refractivity contribution in [2.75, 3.05) is 13.2 Å². The number of amides is 2. The maximum Gasteiger partial charge on any atom is 0.261 e. The van der Waals surface area contributed by atoms with E-state index < -0.39 is 6.04 Å². The van der Waals surface area contributed by atoms with Crippen LogP contribution in [0.5, 0.6) is 5.75 Å². The summed E-state index contributed by atoms with van der Waals surface area (Å²) in [5.74, 6) is 0.197. The first kappa shape index (κ1) is 22.8. The van der Waals surface area contributed by atoms with Gasteiger partial charge in [0.1, 0.15) is 11.8 Å². The summed E-state index contributed by atoms with van der Waals surface area (Å²) in [5, 5.41) is 3.41. The number of aryl methyl sites for hydroxylation is 1. The Hall–Kier alpha value is -2.53. The highest BCUT2D eigenvalue weighted by atomic mass is 35.5. The molecule has 29 heavy (non-hydrogen) atoms. The lowest BCUT2D eigenvalue weighted by Crippen LogP contribution is -2.49. The summed E-state index contributed by atoms with van der Waals surface area (Å²) in [4.78, 5) is 27.1. The minimum absolute atomic E-state index is 0.153. The van der Waals surface area contributed by atoms with E-state index in [0.29, 0.717) is 17.3 Å². The molecule has 5 nitrogen and oxygen atoms in total. The SMILES string of the molecule is CCCNC(=O)[C@H](C)N(Cc1ccccc1Cl)C(=O)COc1cccc(C)c1C. The van der Waals surface area contributed by atoms with Gasteiger partial charge in [-0.15, -0.1) is 0 Å². The fourth-order valence-corrected chi connectivity index (χ4v) is 3.09. The summed E-state index contributed by atoms with van der Waals surface area (Å²) in [6.07, 6.45) is 0.826. The normalized spacial score (nSPS) is 11.6. The van der Waals surface area contributed by atoms with Crippen LogP contribution in [0.15, 0.2) is 42.5 Å². The number of carbonyl (C=O) groups excluding carboxylic acids is 2. The molecule has 0 bridgehead atoms. The quantitative estimate of drug-likeness (QED) is 0.663. The molecule has 0 aromatic heterocycles. The molecule has 2 aromatic carbocycles. The molecule has 2 amide bonds. The highest BCUT2D eigenvalue weighted by Gasteiger charge is 2.27. The van der Waals surface area contributed by atoms with E-state index in [9.17, 15) is 9.59 Å². The van der Waals surface area contributed by atoms with Gasteiger partial charge in [-0.2, -0.15) is 0 Å². The molecule has 0 radical (unpaired) electrons. The summed E-state index contributed by atoms with van der Waals surface area (Å²) in [7, 11) is 0. The second-order valence-corrected chi connectivity index (χ2v) is 7.47. The van der Waals surface area contributed by atoms with E-state index in [1.165, 1.54) is 4.90 Å². The number of halogens is 1. The van der Waals surface area contributed by atoms with Crippen molar-refractivity contribution < 1.29 is 14.3 Å². The number of rotatable bonds is 9. The van der Waals surface area contributed by atoms with Crippen LogP contribution in [0.2, 0.25) is 5.02 Å². The van der Waals surface area contributed by atoms with E-state index >= 15 is 0 Å². The lowest BCUT2D eigenvalue weighted by atomic mass is 10.1. The Morgan fingerprint density at radius 3 is 2.55 bits per heavy atom. The zero-order chi connectivity index (χ0) is 21.4. The highest BCUT2D eigenvalue weighted by Crippen LogP contribution is 2.22. The van der Waals surface area contributed by atoms with E-state index in [0.717, 1.165) is 23.1 Å². The van der Waals surface area contributed by atoms with Crippen LogP contribution in [0, 0.1) is 13.8 Å². The molecule has 2 aromatic rings. The Bertz CT molecular complexity index is 854. The summed E-state index contributed by atoms with van der Waals surface area (Å²) in [6.45, 7) is 8.30. The molecule has 156 valence electrons.